The molecular weight excluding hydrogens is 208 g/mol. The molecule has 84 valence electrons. The fourth-order valence-corrected chi connectivity index (χ4v) is 2.60. The first kappa shape index (κ1) is 12.4. The molecule has 0 fully saturated rings. The number of hydrogen-bond acceptors (Lipinski definition) is 3. The summed E-state index contributed by atoms with van der Waals surface area (Å²) < 4.78 is 0. The molecule has 1 N–H and O–H groups in total. The van der Waals surface area contributed by atoms with Gasteiger partial charge in [0.2, 0.25) is 5.12 Å². The topological polar surface area (TPSA) is 37.3 Å². The molecule has 0 saturated carbocycles. The van der Waals surface area contributed by atoms with Crippen LogP contribution in [0, 0.1) is 5.92 Å². The van der Waals surface area contributed by atoms with E-state index in [0.717, 1.165) is 12.8 Å². The maximum Gasteiger partial charge on any atom is 0.219 e. The Labute approximate surface area is 95.4 Å². The molecule has 0 bridgehead atoms. The first-order valence-electron chi connectivity index (χ1n) is 5.23. The van der Waals surface area contributed by atoms with Crippen LogP contribution in [-0.4, -0.2) is 16.0 Å². The average Bonchev–Trinajstić information content (AvgIpc) is 2.42. The van der Waals surface area contributed by atoms with Crippen LogP contribution in [0.1, 0.15) is 33.1 Å². The Morgan fingerprint density at radius 1 is 1.67 bits per heavy atom. The van der Waals surface area contributed by atoms with E-state index < -0.39 is 0 Å². The molecule has 15 heavy (non-hydrogen) atoms. The van der Waals surface area contributed by atoms with Crippen LogP contribution in [0.15, 0.2) is 23.5 Å². The van der Waals surface area contributed by atoms with E-state index >= 15 is 0 Å². The van der Waals surface area contributed by atoms with Crippen LogP contribution in [0.25, 0.3) is 0 Å². The molecule has 0 saturated heterocycles. The van der Waals surface area contributed by atoms with E-state index in [1.807, 2.05) is 6.92 Å². The van der Waals surface area contributed by atoms with Crippen LogP contribution >= 0.6 is 11.8 Å². The van der Waals surface area contributed by atoms with E-state index in [9.17, 15) is 9.90 Å². The lowest BCUT2D eigenvalue weighted by atomic mass is 9.95. The lowest BCUT2D eigenvalue weighted by Gasteiger charge is -2.10. The van der Waals surface area contributed by atoms with Gasteiger partial charge < -0.3 is 5.11 Å². The Hall–Kier alpha value is -0.700. The zero-order valence-electron chi connectivity index (χ0n) is 9.38. The maximum atomic E-state index is 11.3. The van der Waals surface area contributed by atoms with Gasteiger partial charge in [-0.3, -0.25) is 4.79 Å². The number of allylic oxidation sites excluding steroid dienone is 1. The Morgan fingerprint density at radius 2 is 2.33 bits per heavy atom. The summed E-state index contributed by atoms with van der Waals surface area (Å²) in [6.45, 7) is 8.04. The summed E-state index contributed by atoms with van der Waals surface area (Å²) in [5.74, 6) is 1.27. The third-order valence-corrected chi connectivity index (χ3v) is 3.45. The minimum Gasteiger partial charge on any atom is -0.511 e. The highest BCUT2D eigenvalue weighted by atomic mass is 32.2. The molecule has 0 radical (unpaired) electrons. The second-order valence-corrected chi connectivity index (χ2v) is 5.25. The van der Waals surface area contributed by atoms with Crippen molar-refractivity contribution in [2.75, 3.05) is 5.75 Å². The van der Waals surface area contributed by atoms with Gasteiger partial charge in [-0.25, -0.2) is 0 Å². The quantitative estimate of drug-likeness (QED) is 0.729. The Balaban J connectivity index is 2.40. The number of hydrogen-bond donors (Lipinski definition) is 1. The van der Waals surface area contributed by atoms with Crippen molar-refractivity contribution in [1.82, 2.24) is 0 Å². The molecular formula is C12H18O2S. The monoisotopic (exact) mass is 226 g/mol. The highest BCUT2D eigenvalue weighted by Gasteiger charge is 2.23. The van der Waals surface area contributed by atoms with E-state index in [1.165, 1.54) is 17.3 Å². The van der Waals surface area contributed by atoms with Gasteiger partial charge in [0.1, 0.15) is 5.76 Å². The molecule has 0 aromatic heterocycles. The van der Waals surface area contributed by atoms with Crippen molar-refractivity contribution >= 4 is 16.9 Å². The third-order valence-electron chi connectivity index (χ3n) is 2.52. The largest absolute Gasteiger partial charge is 0.511 e. The SMILES string of the molecule is C=C(C)CC(C)CCC1=C(O)CSC1=O. The van der Waals surface area contributed by atoms with E-state index in [2.05, 4.69) is 13.5 Å². The highest BCUT2D eigenvalue weighted by molar-refractivity contribution is 8.14. The highest BCUT2D eigenvalue weighted by Crippen LogP contribution is 2.29. The zero-order chi connectivity index (χ0) is 11.4. The van der Waals surface area contributed by atoms with Crippen LogP contribution in [0.2, 0.25) is 0 Å². The van der Waals surface area contributed by atoms with Crippen molar-refractivity contribution in [3.05, 3.63) is 23.5 Å². The van der Waals surface area contributed by atoms with Crippen LogP contribution in [0.4, 0.5) is 0 Å². The van der Waals surface area contributed by atoms with Gasteiger partial charge >= 0.3 is 0 Å². The summed E-state index contributed by atoms with van der Waals surface area (Å²) in [7, 11) is 0. The van der Waals surface area contributed by atoms with Gasteiger partial charge in [0.15, 0.2) is 0 Å². The number of rotatable bonds is 5. The van der Waals surface area contributed by atoms with Crippen LogP contribution in [0.5, 0.6) is 0 Å². The molecule has 0 spiro atoms. The van der Waals surface area contributed by atoms with Crippen molar-refractivity contribution < 1.29 is 9.90 Å². The van der Waals surface area contributed by atoms with Gasteiger partial charge in [-0.15, -0.1) is 6.58 Å². The fraction of sp³-hybridized carbons (Fsp3) is 0.583. The first-order valence-corrected chi connectivity index (χ1v) is 6.21. The average molecular weight is 226 g/mol. The lowest BCUT2D eigenvalue weighted by Crippen LogP contribution is -2.00. The second kappa shape index (κ2) is 5.40. The van der Waals surface area contributed by atoms with Gasteiger partial charge in [0.25, 0.3) is 0 Å². The van der Waals surface area contributed by atoms with Crippen molar-refractivity contribution in [1.29, 1.82) is 0 Å². The predicted octanol–water partition coefficient (Wildman–Crippen LogP) is 3.45. The molecule has 0 amide bonds. The Kier molecular flexibility index (Phi) is 4.45. The molecule has 0 aromatic carbocycles. The van der Waals surface area contributed by atoms with Gasteiger partial charge in [-0.1, -0.05) is 24.3 Å². The van der Waals surface area contributed by atoms with Gasteiger partial charge in [-0.05, 0) is 32.1 Å². The van der Waals surface area contributed by atoms with E-state index in [0.29, 0.717) is 23.7 Å². The zero-order valence-corrected chi connectivity index (χ0v) is 10.2. The number of aliphatic hydroxyl groups excluding tert-OH is 1. The van der Waals surface area contributed by atoms with Crippen LogP contribution in [-0.2, 0) is 4.79 Å². The maximum absolute atomic E-state index is 11.3. The van der Waals surface area contributed by atoms with Crippen molar-refractivity contribution in [3.63, 3.8) is 0 Å². The van der Waals surface area contributed by atoms with Crippen molar-refractivity contribution in [2.24, 2.45) is 5.92 Å². The summed E-state index contributed by atoms with van der Waals surface area (Å²) >= 11 is 1.20. The molecule has 1 atom stereocenters. The Morgan fingerprint density at radius 3 is 2.80 bits per heavy atom. The summed E-state index contributed by atoms with van der Waals surface area (Å²) in [5, 5.41) is 9.53. The summed E-state index contributed by atoms with van der Waals surface area (Å²) in [4.78, 5) is 11.3. The van der Waals surface area contributed by atoms with E-state index in [1.54, 1.807) is 0 Å². The molecule has 3 heteroatoms. The predicted molar refractivity (Wildman–Crippen MR) is 64.9 cm³/mol. The van der Waals surface area contributed by atoms with Gasteiger partial charge in [-0.2, -0.15) is 0 Å². The second-order valence-electron chi connectivity index (χ2n) is 4.31. The molecule has 1 aliphatic heterocycles. The molecule has 0 aromatic rings. The minimum absolute atomic E-state index is 0.0509. The minimum atomic E-state index is 0.0509. The molecule has 1 rings (SSSR count). The number of aliphatic hydroxyl groups is 1. The number of carbonyl (C=O) groups is 1. The van der Waals surface area contributed by atoms with Crippen LogP contribution < -0.4 is 0 Å². The first-order chi connectivity index (χ1) is 7.00. The molecule has 0 aliphatic carbocycles. The molecule has 1 aliphatic rings. The summed E-state index contributed by atoms with van der Waals surface area (Å²) in [5.41, 5.74) is 1.81. The van der Waals surface area contributed by atoms with Crippen molar-refractivity contribution in [3.8, 4) is 0 Å². The van der Waals surface area contributed by atoms with Gasteiger partial charge in [0, 0.05) is 5.57 Å². The fourth-order valence-electron chi connectivity index (χ4n) is 1.76. The summed E-state index contributed by atoms with van der Waals surface area (Å²) in [6.07, 6.45) is 2.64. The number of thioether (sulfide) groups is 1. The standard InChI is InChI=1S/C12H18O2S/c1-8(2)6-9(3)4-5-10-11(13)7-15-12(10)14/h9,13H,1,4-7H2,2-3H3. The molecule has 1 unspecified atom stereocenters. The normalized spacial score (nSPS) is 18.4. The third kappa shape index (κ3) is 3.74. The smallest absolute Gasteiger partial charge is 0.219 e. The van der Waals surface area contributed by atoms with E-state index in [-0.39, 0.29) is 10.9 Å². The lowest BCUT2D eigenvalue weighted by molar-refractivity contribution is -0.108. The number of carbonyl (C=O) groups excluding carboxylic acids is 1. The molecule has 1 heterocycles. The Bertz CT molecular complexity index is 305. The van der Waals surface area contributed by atoms with Crippen molar-refractivity contribution in [2.45, 2.75) is 33.1 Å². The molecule has 2 nitrogen and oxygen atoms in total. The van der Waals surface area contributed by atoms with E-state index in [4.69, 9.17) is 0 Å². The van der Waals surface area contributed by atoms with Gasteiger partial charge in [0.05, 0.1) is 5.75 Å². The summed E-state index contributed by atoms with van der Waals surface area (Å²) in [6, 6.07) is 0. The van der Waals surface area contributed by atoms with Crippen LogP contribution in [0.3, 0.4) is 0 Å².